The van der Waals surface area contributed by atoms with Crippen molar-refractivity contribution in [2.75, 3.05) is 20.0 Å². The topological polar surface area (TPSA) is 90.6 Å². The van der Waals surface area contributed by atoms with Gasteiger partial charge in [0, 0.05) is 23.9 Å². The lowest BCUT2D eigenvalue weighted by molar-refractivity contribution is -0.134. The summed E-state index contributed by atoms with van der Waals surface area (Å²) in [4.78, 5) is 23.7. The molecule has 0 fully saturated rings. The molecule has 0 saturated heterocycles. The van der Waals surface area contributed by atoms with Crippen molar-refractivity contribution < 1.29 is 23.0 Å². The first-order valence-electron chi connectivity index (χ1n) is 11.4. The SMILES string of the molecule is COc1cc2c(N)nc(C3=CC(C)N(C(=O)CCc4ccc(F)cc4)C(C)C3)nc2c(F)c1OC. The van der Waals surface area contributed by atoms with Gasteiger partial charge < -0.3 is 20.1 Å². The van der Waals surface area contributed by atoms with Crippen molar-refractivity contribution in [3.05, 3.63) is 59.4 Å². The molecule has 2 unspecified atom stereocenters. The van der Waals surface area contributed by atoms with Gasteiger partial charge in [-0.15, -0.1) is 0 Å². The van der Waals surface area contributed by atoms with Crippen LogP contribution in [-0.4, -0.2) is 47.1 Å². The summed E-state index contributed by atoms with van der Waals surface area (Å²) in [6, 6.07) is 7.38. The average molecular weight is 483 g/mol. The highest BCUT2D eigenvalue weighted by molar-refractivity contribution is 5.92. The average Bonchev–Trinajstić information content (AvgIpc) is 2.83. The minimum absolute atomic E-state index is 0.00597. The normalized spacial score (nSPS) is 17.9. The Balaban J connectivity index is 1.60. The summed E-state index contributed by atoms with van der Waals surface area (Å²) in [7, 11) is 2.77. The van der Waals surface area contributed by atoms with Gasteiger partial charge in [-0.3, -0.25) is 4.79 Å². The van der Waals surface area contributed by atoms with Crippen molar-refractivity contribution in [2.45, 2.75) is 45.2 Å². The van der Waals surface area contributed by atoms with E-state index in [4.69, 9.17) is 15.2 Å². The molecule has 2 atom stereocenters. The predicted octanol–water partition coefficient (Wildman–Crippen LogP) is 4.53. The van der Waals surface area contributed by atoms with E-state index in [-0.39, 0.29) is 46.6 Å². The van der Waals surface area contributed by atoms with E-state index < -0.39 is 5.82 Å². The second-order valence-corrected chi connectivity index (χ2v) is 8.67. The number of carbonyl (C=O) groups excluding carboxylic acids is 1. The molecular weight excluding hydrogens is 454 g/mol. The molecule has 1 aliphatic heterocycles. The third-order valence-electron chi connectivity index (χ3n) is 6.29. The molecule has 0 radical (unpaired) electrons. The molecule has 0 aliphatic carbocycles. The number of benzene rings is 2. The molecule has 1 aromatic heterocycles. The molecule has 0 saturated carbocycles. The Hall–Kier alpha value is -3.75. The second-order valence-electron chi connectivity index (χ2n) is 8.67. The van der Waals surface area contributed by atoms with Crippen LogP contribution in [0.2, 0.25) is 0 Å². The molecule has 35 heavy (non-hydrogen) atoms. The van der Waals surface area contributed by atoms with Crippen LogP contribution in [0.1, 0.15) is 38.1 Å². The number of carbonyl (C=O) groups is 1. The van der Waals surface area contributed by atoms with Gasteiger partial charge in [-0.1, -0.05) is 18.2 Å². The molecule has 2 aromatic carbocycles. The van der Waals surface area contributed by atoms with E-state index >= 15 is 4.39 Å². The van der Waals surface area contributed by atoms with Crippen molar-refractivity contribution >= 4 is 28.2 Å². The highest BCUT2D eigenvalue weighted by Crippen LogP contribution is 2.38. The molecular formula is C26H28F2N4O3. The van der Waals surface area contributed by atoms with Crippen LogP contribution in [0.5, 0.6) is 11.5 Å². The Labute approximate surface area is 202 Å². The maximum Gasteiger partial charge on any atom is 0.223 e. The third-order valence-corrected chi connectivity index (χ3v) is 6.29. The van der Waals surface area contributed by atoms with Crippen molar-refractivity contribution in [3.63, 3.8) is 0 Å². The molecule has 1 aliphatic rings. The number of halogens is 2. The number of nitrogen functional groups attached to an aromatic ring is 1. The number of hydrogen-bond acceptors (Lipinski definition) is 6. The van der Waals surface area contributed by atoms with E-state index in [9.17, 15) is 9.18 Å². The highest BCUT2D eigenvalue weighted by atomic mass is 19.1. The van der Waals surface area contributed by atoms with Crippen LogP contribution in [0.15, 0.2) is 36.4 Å². The van der Waals surface area contributed by atoms with Crippen LogP contribution < -0.4 is 15.2 Å². The lowest BCUT2D eigenvalue weighted by atomic mass is 9.95. The van der Waals surface area contributed by atoms with Gasteiger partial charge in [0.15, 0.2) is 23.1 Å². The minimum atomic E-state index is -0.674. The second kappa shape index (κ2) is 9.85. The minimum Gasteiger partial charge on any atom is -0.493 e. The van der Waals surface area contributed by atoms with Gasteiger partial charge in [-0.05, 0) is 56.0 Å². The number of aryl methyl sites for hydroxylation is 1. The molecule has 2 N–H and O–H groups in total. The molecule has 4 rings (SSSR count). The van der Waals surface area contributed by atoms with Gasteiger partial charge in [-0.25, -0.2) is 18.7 Å². The van der Waals surface area contributed by atoms with Crippen molar-refractivity contribution in [2.24, 2.45) is 0 Å². The Kier molecular flexibility index (Phi) is 6.86. The summed E-state index contributed by atoms with van der Waals surface area (Å²) in [5.74, 6) is -0.373. The van der Waals surface area contributed by atoms with Gasteiger partial charge in [-0.2, -0.15) is 0 Å². The zero-order valence-corrected chi connectivity index (χ0v) is 20.1. The van der Waals surface area contributed by atoms with Gasteiger partial charge in [0.2, 0.25) is 5.91 Å². The van der Waals surface area contributed by atoms with Crippen molar-refractivity contribution in [1.82, 2.24) is 14.9 Å². The number of ether oxygens (including phenoxy) is 2. The summed E-state index contributed by atoms with van der Waals surface area (Å²) in [5.41, 5.74) is 7.91. The van der Waals surface area contributed by atoms with Gasteiger partial charge in [0.05, 0.1) is 14.2 Å². The smallest absolute Gasteiger partial charge is 0.223 e. The van der Waals surface area contributed by atoms with Crippen molar-refractivity contribution in [1.29, 1.82) is 0 Å². The quantitative estimate of drug-likeness (QED) is 0.555. The third kappa shape index (κ3) is 4.76. The molecule has 0 spiro atoms. The van der Waals surface area contributed by atoms with Crippen LogP contribution in [0.25, 0.3) is 16.5 Å². The fourth-order valence-corrected chi connectivity index (χ4v) is 4.62. The van der Waals surface area contributed by atoms with E-state index in [1.807, 2.05) is 24.8 Å². The maximum absolute atomic E-state index is 15.2. The number of hydrogen-bond donors (Lipinski definition) is 1. The van der Waals surface area contributed by atoms with Crippen LogP contribution in [0.4, 0.5) is 14.6 Å². The Morgan fingerprint density at radius 1 is 1.14 bits per heavy atom. The monoisotopic (exact) mass is 482 g/mol. The standard InChI is InChI=1S/C26H28F2N4O3/c1-14-11-17(12-15(2)32(14)21(33)10-7-16-5-8-18(27)9-6-16)26-30-23-19(25(29)31-26)13-20(34-3)24(35-4)22(23)28/h5-6,8-9,11,13-15H,7,10,12H2,1-4H3,(H2,29,30,31). The maximum atomic E-state index is 15.2. The fraction of sp³-hybridized carbons (Fsp3) is 0.346. The summed E-state index contributed by atoms with van der Waals surface area (Å²) in [6.07, 6.45) is 3.25. The largest absolute Gasteiger partial charge is 0.493 e. The number of nitrogens with two attached hydrogens (primary N) is 1. The van der Waals surface area contributed by atoms with Crippen LogP contribution in [-0.2, 0) is 11.2 Å². The predicted molar refractivity (Wildman–Crippen MR) is 130 cm³/mol. The van der Waals surface area contributed by atoms with Crippen LogP contribution >= 0.6 is 0 Å². The Bertz CT molecular complexity index is 1290. The zero-order valence-electron chi connectivity index (χ0n) is 20.1. The fourth-order valence-electron chi connectivity index (χ4n) is 4.62. The molecule has 9 heteroatoms. The molecule has 1 amide bonds. The van der Waals surface area contributed by atoms with Crippen LogP contribution in [0.3, 0.4) is 0 Å². The number of fused-ring (bicyclic) bond motifs is 1. The molecule has 7 nitrogen and oxygen atoms in total. The Morgan fingerprint density at radius 2 is 1.86 bits per heavy atom. The summed E-state index contributed by atoms with van der Waals surface area (Å²) < 4.78 is 38.7. The van der Waals surface area contributed by atoms with E-state index in [0.29, 0.717) is 30.5 Å². The van der Waals surface area contributed by atoms with Crippen LogP contribution in [0, 0.1) is 11.6 Å². The van der Waals surface area contributed by atoms with E-state index in [0.717, 1.165) is 11.1 Å². The summed E-state index contributed by atoms with van der Waals surface area (Å²) >= 11 is 0. The van der Waals surface area contributed by atoms with Gasteiger partial charge >= 0.3 is 0 Å². The first kappa shape index (κ1) is 24.4. The van der Waals surface area contributed by atoms with E-state index in [2.05, 4.69) is 9.97 Å². The van der Waals surface area contributed by atoms with Gasteiger partial charge in [0.1, 0.15) is 17.2 Å². The first-order valence-corrected chi connectivity index (χ1v) is 11.4. The lowest BCUT2D eigenvalue weighted by Crippen LogP contribution is -2.46. The number of amides is 1. The Morgan fingerprint density at radius 3 is 2.49 bits per heavy atom. The number of anilines is 1. The highest BCUT2D eigenvalue weighted by Gasteiger charge is 2.31. The van der Waals surface area contributed by atoms with Gasteiger partial charge in [0.25, 0.3) is 0 Å². The number of rotatable bonds is 6. The number of nitrogens with zero attached hydrogens (tertiary/aromatic N) is 3. The van der Waals surface area contributed by atoms with E-state index in [1.165, 1.54) is 26.4 Å². The lowest BCUT2D eigenvalue weighted by Gasteiger charge is -2.38. The summed E-state index contributed by atoms with van der Waals surface area (Å²) in [6.45, 7) is 3.88. The summed E-state index contributed by atoms with van der Waals surface area (Å²) in [5, 5.41) is 0.332. The number of methoxy groups -OCH3 is 2. The number of aromatic nitrogens is 2. The zero-order chi connectivity index (χ0) is 25.3. The molecule has 184 valence electrons. The van der Waals surface area contributed by atoms with E-state index in [1.54, 1.807) is 18.2 Å². The van der Waals surface area contributed by atoms with Crippen molar-refractivity contribution in [3.8, 4) is 11.5 Å². The molecule has 0 bridgehead atoms. The molecule has 3 aromatic rings. The first-order chi connectivity index (χ1) is 16.7. The molecule has 2 heterocycles.